The fraction of sp³-hybridized carbons (Fsp3) is 0.500. The Morgan fingerprint density at radius 2 is 2.09 bits per heavy atom. The van der Waals surface area contributed by atoms with Gasteiger partial charge in [-0.25, -0.2) is 0 Å². The van der Waals surface area contributed by atoms with Gasteiger partial charge in [0.1, 0.15) is 0 Å². The second kappa shape index (κ2) is 6.14. The first kappa shape index (κ1) is 15.7. The van der Waals surface area contributed by atoms with E-state index in [9.17, 15) is 4.79 Å². The van der Waals surface area contributed by atoms with Crippen molar-refractivity contribution in [3.8, 4) is 11.1 Å². The molecule has 1 aliphatic rings. The summed E-state index contributed by atoms with van der Waals surface area (Å²) in [7, 11) is 0. The number of hydrogen-bond acceptors (Lipinski definition) is 3. The van der Waals surface area contributed by atoms with Crippen molar-refractivity contribution in [2.45, 2.75) is 46.1 Å². The molecule has 0 aromatic carbocycles. The third-order valence-corrected chi connectivity index (χ3v) is 4.25. The van der Waals surface area contributed by atoms with Crippen LogP contribution in [-0.2, 0) is 4.79 Å². The van der Waals surface area contributed by atoms with E-state index in [0.717, 1.165) is 36.2 Å². The highest BCUT2D eigenvalue weighted by atomic mass is 16.2. The van der Waals surface area contributed by atoms with Crippen LogP contribution in [0.5, 0.6) is 0 Å². The Morgan fingerprint density at radius 1 is 1.35 bits per heavy atom. The third kappa shape index (κ3) is 3.44. The largest absolute Gasteiger partial charge is 0.334 e. The number of H-pyrrole nitrogens is 1. The molecule has 2 aromatic rings. The summed E-state index contributed by atoms with van der Waals surface area (Å²) in [6.45, 7) is 7.14. The summed E-state index contributed by atoms with van der Waals surface area (Å²) in [5.74, 6) is 0.232. The van der Waals surface area contributed by atoms with Crippen molar-refractivity contribution < 1.29 is 4.79 Å². The number of hydrogen-bond donors (Lipinski definition) is 1. The van der Waals surface area contributed by atoms with Gasteiger partial charge in [0.15, 0.2) is 0 Å². The van der Waals surface area contributed by atoms with Crippen LogP contribution < -0.4 is 0 Å². The smallest absolute Gasteiger partial charge is 0.223 e. The number of pyridine rings is 1. The molecule has 3 rings (SSSR count). The molecule has 0 radical (unpaired) electrons. The van der Waals surface area contributed by atoms with Crippen LogP contribution in [0, 0.1) is 5.41 Å². The zero-order valence-electron chi connectivity index (χ0n) is 14.0. The van der Waals surface area contributed by atoms with E-state index >= 15 is 0 Å². The molecule has 0 spiro atoms. The first-order valence-electron chi connectivity index (χ1n) is 8.19. The number of rotatable bonds is 3. The van der Waals surface area contributed by atoms with Crippen LogP contribution >= 0.6 is 0 Å². The molecule has 1 aliphatic heterocycles. The van der Waals surface area contributed by atoms with Gasteiger partial charge in [-0.1, -0.05) is 20.8 Å². The highest BCUT2D eigenvalue weighted by Gasteiger charge is 2.34. The first-order valence-corrected chi connectivity index (χ1v) is 8.19. The normalized spacial score (nSPS) is 18.4. The first-order chi connectivity index (χ1) is 11.0. The van der Waals surface area contributed by atoms with E-state index in [4.69, 9.17) is 0 Å². The highest BCUT2D eigenvalue weighted by molar-refractivity contribution is 5.78. The number of nitrogens with one attached hydrogen (secondary N) is 1. The third-order valence-electron chi connectivity index (χ3n) is 4.25. The predicted octanol–water partition coefficient (Wildman–Crippen LogP) is 3.57. The molecule has 1 fully saturated rings. The van der Waals surface area contributed by atoms with Gasteiger partial charge < -0.3 is 4.90 Å². The van der Waals surface area contributed by atoms with Crippen LogP contribution in [0.1, 0.15) is 51.8 Å². The standard InChI is InChI=1S/C18H24N4O/c1-18(2,3)11-16(23)22-10-4-5-15(22)17-14(12-20-21-17)13-6-8-19-9-7-13/h6-9,12,15H,4-5,10-11H2,1-3H3,(H,20,21)/t15-/m1/s1. The number of carbonyl (C=O) groups excluding carboxylic acids is 1. The lowest BCUT2D eigenvalue weighted by Crippen LogP contribution is -2.33. The average Bonchev–Trinajstić information content (AvgIpc) is 3.15. The second-order valence-electron chi connectivity index (χ2n) is 7.42. The quantitative estimate of drug-likeness (QED) is 0.942. The fourth-order valence-electron chi connectivity index (χ4n) is 3.23. The molecule has 5 nitrogen and oxygen atoms in total. The summed E-state index contributed by atoms with van der Waals surface area (Å²) in [6.07, 6.45) is 8.00. The molecule has 1 N–H and O–H groups in total. The van der Waals surface area contributed by atoms with E-state index in [1.54, 1.807) is 12.4 Å². The van der Waals surface area contributed by atoms with Gasteiger partial charge in [-0.2, -0.15) is 5.10 Å². The van der Waals surface area contributed by atoms with Crippen LogP contribution in [0.2, 0.25) is 0 Å². The van der Waals surface area contributed by atoms with Crippen molar-refractivity contribution in [3.05, 3.63) is 36.4 Å². The number of nitrogens with zero attached hydrogens (tertiary/aromatic N) is 3. The molecule has 0 bridgehead atoms. The number of likely N-dealkylation sites (tertiary alicyclic amines) is 1. The minimum Gasteiger partial charge on any atom is -0.334 e. The Hall–Kier alpha value is -2.17. The second-order valence-corrected chi connectivity index (χ2v) is 7.42. The molecule has 0 saturated carbocycles. The summed E-state index contributed by atoms with van der Waals surface area (Å²) < 4.78 is 0. The Labute approximate surface area is 137 Å². The van der Waals surface area contributed by atoms with Crippen LogP contribution in [0.15, 0.2) is 30.7 Å². The molecule has 0 aliphatic carbocycles. The maximum absolute atomic E-state index is 12.7. The fourth-order valence-corrected chi connectivity index (χ4v) is 3.23. The van der Waals surface area contributed by atoms with Gasteiger partial charge >= 0.3 is 0 Å². The number of aromatic nitrogens is 3. The maximum Gasteiger partial charge on any atom is 0.223 e. The maximum atomic E-state index is 12.7. The zero-order chi connectivity index (χ0) is 16.4. The highest BCUT2D eigenvalue weighted by Crippen LogP contribution is 2.37. The van der Waals surface area contributed by atoms with Gasteiger partial charge in [-0.15, -0.1) is 0 Å². The summed E-state index contributed by atoms with van der Waals surface area (Å²) in [5.41, 5.74) is 3.19. The Morgan fingerprint density at radius 3 is 2.78 bits per heavy atom. The molecule has 1 amide bonds. The Balaban J connectivity index is 1.87. The topological polar surface area (TPSA) is 61.9 Å². The van der Waals surface area contributed by atoms with Crippen molar-refractivity contribution >= 4 is 5.91 Å². The molecular formula is C18H24N4O. The van der Waals surface area contributed by atoms with E-state index in [0.29, 0.717) is 6.42 Å². The van der Waals surface area contributed by atoms with Crippen molar-refractivity contribution in [2.24, 2.45) is 5.41 Å². The molecule has 2 aromatic heterocycles. The average molecular weight is 312 g/mol. The SMILES string of the molecule is CC(C)(C)CC(=O)N1CCC[C@@H]1c1[nH]ncc1-c1ccncc1. The van der Waals surface area contributed by atoms with Crippen molar-refractivity contribution in [1.82, 2.24) is 20.1 Å². The summed E-state index contributed by atoms with van der Waals surface area (Å²) in [5, 5.41) is 7.36. The van der Waals surface area contributed by atoms with Crippen LogP contribution in [-0.4, -0.2) is 32.5 Å². The summed E-state index contributed by atoms with van der Waals surface area (Å²) in [6, 6.07) is 4.05. The van der Waals surface area contributed by atoms with Crippen molar-refractivity contribution in [2.75, 3.05) is 6.54 Å². The molecule has 3 heterocycles. The molecule has 23 heavy (non-hydrogen) atoms. The van der Waals surface area contributed by atoms with E-state index in [2.05, 4.69) is 36.0 Å². The number of aromatic amines is 1. The van der Waals surface area contributed by atoms with E-state index in [1.807, 2.05) is 23.2 Å². The minimum atomic E-state index is 0.00609. The Kier molecular flexibility index (Phi) is 4.20. The minimum absolute atomic E-state index is 0.00609. The van der Waals surface area contributed by atoms with Crippen LogP contribution in [0.4, 0.5) is 0 Å². The molecular weight excluding hydrogens is 288 g/mol. The lowest BCUT2D eigenvalue weighted by molar-refractivity contribution is -0.134. The number of amides is 1. The van der Waals surface area contributed by atoms with E-state index < -0.39 is 0 Å². The van der Waals surface area contributed by atoms with Crippen molar-refractivity contribution in [1.29, 1.82) is 0 Å². The molecule has 1 atom stereocenters. The van der Waals surface area contributed by atoms with Gasteiger partial charge in [-0.3, -0.25) is 14.9 Å². The van der Waals surface area contributed by atoms with Gasteiger partial charge in [-0.05, 0) is 36.0 Å². The summed E-state index contributed by atoms with van der Waals surface area (Å²) in [4.78, 5) is 18.8. The van der Waals surface area contributed by atoms with E-state index in [1.165, 1.54) is 0 Å². The number of carbonyl (C=O) groups is 1. The lowest BCUT2D eigenvalue weighted by atomic mass is 9.91. The van der Waals surface area contributed by atoms with Gasteiger partial charge in [0.2, 0.25) is 5.91 Å². The zero-order valence-corrected chi connectivity index (χ0v) is 14.0. The van der Waals surface area contributed by atoms with Gasteiger partial charge in [0, 0.05) is 30.9 Å². The van der Waals surface area contributed by atoms with Gasteiger partial charge in [0.25, 0.3) is 0 Å². The monoisotopic (exact) mass is 312 g/mol. The van der Waals surface area contributed by atoms with Crippen LogP contribution in [0.3, 0.4) is 0 Å². The molecule has 5 heteroatoms. The van der Waals surface area contributed by atoms with Crippen LogP contribution in [0.25, 0.3) is 11.1 Å². The van der Waals surface area contributed by atoms with Gasteiger partial charge in [0.05, 0.1) is 17.9 Å². The molecule has 0 unspecified atom stereocenters. The van der Waals surface area contributed by atoms with E-state index in [-0.39, 0.29) is 17.4 Å². The van der Waals surface area contributed by atoms with Crippen molar-refractivity contribution in [3.63, 3.8) is 0 Å². The Bertz CT molecular complexity index is 672. The predicted molar refractivity (Wildman–Crippen MR) is 89.6 cm³/mol. The molecule has 122 valence electrons. The summed E-state index contributed by atoms with van der Waals surface area (Å²) >= 11 is 0. The molecule has 1 saturated heterocycles. The lowest BCUT2D eigenvalue weighted by Gasteiger charge is -2.28.